The number of unbranched alkanes of at least 4 members (excludes halogenated alkanes) is 1. The molecule has 0 radical (unpaired) electrons. The summed E-state index contributed by atoms with van der Waals surface area (Å²) in [4.78, 5) is 28.4. The lowest BCUT2D eigenvalue weighted by atomic mass is 10.1. The molecule has 0 fully saturated rings. The van der Waals surface area contributed by atoms with E-state index in [0.29, 0.717) is 6.54 Å². The number of amides is 2. The molecule has 1 atom stereocenters. The summed E-state index contributed by atoms with van der Waals surface area (Å²) in [5, 5.41) is 3.26. The fraction of sp³-hybridized carbons (Fsp3) is 0.310. The molecule has 7 nitrogen and oxygen atoms in total. The van der Waals surface area contributed by atoms with E-state index in [-0.39, 0.29) is 33.1 Å². The van der Waals surface area contributed by atoms with E-state index in [4.69, 9.17) is 23.2 Å². The van der Waals surface area contributed by atoms with Gasteiger partial charge in [-0.05, 0) is 68.3 Å². The normalized spacial score (nSPS) is 12.1. The highest BCUT2D eigenvalue weighted by atomic mass is 79.9. The Morgan fingerprint density at radius 1 is 1.00 bits per heavy atom. The van der Waals surface area contributed by atoms with Gasteiger partial charge >= 0.3 is 0 Å². The SMILES string of the molecule is CCCCNC(=O)C(C)N(Cc1cccc(Br)c1)C(=O)CN(c1ccc(Cl)c(Cl)c1)S(=O)(=O)c1ccc(C)cc1. The minimum absolute atomic E-state index is 0.0147. The van der Waals surface area contributed by atoms with Crippen molar-refractivity contribution in [3.63, 3.8) is 0 Å². The van der Waals surface area contributed by atoms with Crippen LogP contribution < -0.4 is 9.62 Å². The number of benzene rings is 3. The van der Waals surface area contributed by atoms with Gasteiger partial charge in [-0.2, -0.15) is 0 Å². The summed E-state index contributed by atoms with van der Waals surface area (Å²) in [5.41, 5.74) is 1.84. The van der Waals surface area contributed by atoms with Crippen molar-refractivity contribution in [2.75, 3.05) is 17.4 Å². The van der Waals surface area contributed by atoms with E-state index >= 15 is 0 Å². The zero-order chi connectivity index (χ0) is 29.4. The first-order chi connectivity index (χ1) is 18.9. The number of nitrogens with one attached hydrogen (secondary N) is 1. The maximum Gasteiger partial charge on any atom is 0.264 e. The van der Waals surface area contributed by atoms with Crippen LogP contribution in [-0.4, -0.2) is 44.3 Å². The van der Waals surface area contributed by atoms with Crippen LogP contribution >= 0.6 is 39.1 Å². The molecular formula is C29H32BrCl2N3O4S. The van der Waals surface area contributed by atoms with Crippen LogP contribution in [0, 0.1) is 6.92 Å². The Morgan fingerprint density at radius 2 is 1.70 bits per heavy atom. The Bertz CT molecular complexity index is 1450. The number of hydrogen-bond acceptors (Lipinski definition) is 4. The zero-order valence-electron chi connectivity index (χ0n) is 22.5. The first kappa shape index (κ1) is 31.9. The van der Waals surface area contributed by atoms with Crippen molar-refractivity contribution < 1.29 is 18.0 Å². The van der Waals surface area contributed by atoms with Crippen LogP contribution in [0.4, 0.5) is 5.69 Å². The van der Waals surface area contributed by atoms with E-state index in [1.165, 1.54) is 35.2 Å². The molecule has 0 aromatic heterocycles. The molecular weight excluding hydrogens is 637 g/mol. The third-order valence-electron chi connectivity index (χ3n) is 6.32. The standard InChI is InChI=1S/C29H32BrCl2N3O4S/c1-4-5-15-33-29(37)21(3)34(18-22-7-6-8-23(30)16-22)28(36)19-35(24-11-14-26(31)27(32)17-24)40(38,39)25-12-9-20(2)10-13-25/h6-14,16-17,21H,4-5,15,18-19H2,1-3H3,(H,33,37). The molecule has 3 aromatic rings. The van der Waals surface area contributed by atoms with Crippen LogP contribution in [0.5, 0.6) is 0 Å². The van der Waals surface area contributed by atoms with Crippen LogP contribution in [-0.2, 0) is 26.2 Å². The van der Waals surface area contributed by atoms with E-state index in [2.05, 4.69) is 21.2 Å². The second-order valence-electron chi connectivity index (χ2n) is 9.40. The number of halogens is 3. The predicted molar refractivity (Wildman–Crippen MR) is 164 cm³/mol. The summed E-state index contributed by atoms with van der Waals surface area (Å²) < 4.78 is 29.6. The molecule has 0 aliphatic heterocycles. The van der Waals surface area contributed by atoms with Gasteiger partial charge < -0.3 is 10.2 Å². The minimum Gasteiger partial charge on any atom is -0.354 e. The molecule has 40 heavy (non-hydrogen) atoms. The number of carbonyl (C=O) groups is 2. The largest absolute Gasteiger partial charge is 0.354 e. The van der Waals surface area contributed by atoms with E-state index in [9.17, 15) is 18.0 Å². The number of nitrogens with zero attached hydrogens (tertiary/aromatic N) is 2. The predicted octanol–water partition coefficient (Wildman–Crippen LogP) is 6.59. The van der Waals surface area contributed by atoms with Crippen LogP contribution in [0.3, 0.4) is 0 Å². The summed E-state index contributed by atoms with van der Waals surface area (Å²) in [7, 11) is -4.20. The molecule has 11 heteroatoms. The summed E-state index contributed by atoms with van der Waals surface area (Å²) in [5.74, 6) is -0.876. The molecule has 0 aliphatic rings. The number of sulfonamides is 1. The van der Waals surface area contributed by atoms with Gasteiger partial charge in [0.2, 0.25) is 11.8 Å². The van der Waals surface area contributed by atoms with Gasteiger partial charge in [-0.15, -0.1) is 0 Å². The quantitative estimate of drug-likeness (QED) is 0.221. The summed E-state index contributed by atoms with van der Waals surface area (Å²) in [6.07, 6.45) is 1.71. The molecule has 1 N–H and O–H groups in total. The van der Waals surface area contributed by atoms with Gasteiger partial charge in [0.05, 0.1) is 20.6 Å². The number of hydrogen-bond donors (Lipinski definition) is 1. The van der Waals surface area contributed by atoms with Crippen molar-refractivity contribution in [3.8, 4) is 0 Å². The van der Waals surface area contributed by atoms with Gasteiger partial charge in [-0.25, -0.2) is 8.42 Å². The van der Waals surface area contributed by atoms with E-state index in [1.807, 2.05) is 38.1 Å². The van der Waals surface area contributed by atoms with Crippen molar-refractivity contribution in [2.24, 2.45) is 0 Å². The fourth-order valence-corrected chi connectivity index (χ4v) is 6.10. The molecule has 0 aliphatic carbocycles. The molecule has 1 unspecified atom stereocenters. The van der Waals surface area contributed by atoms with Gasteiger partial charge in [-0.1, -0.05) is 82.3 Å². The molecule has 214 valence electrons. The van der Waals surface area contributed by atoms with Crippen LogP contribution in [0.2, 0.25) is 10.0 Å². The van der Waals surface area contributed by atoms with Gasteiger partial charge in [-0.3, -0.25) is 13.9 Å². The van der Waals surface area contributed by atoms with Crippen LogP contribution in [0.15, 0.2) is 76.1 Å². The van der Waals surface area contributed by atoms with Gasteiger partial charge in [0.15, 0.2) is 0 Å². The topological polar surface area (TPSA) is 86.8 Å². The molecule has 0 spiro atoms. The average Bonchev–Trinajstić information content (AvgIpc) is 2.91. The molecule has 0 saturated carbocycles. The Morgan fingerprint density at radius 3 is 2.33 bits per heavy atom. The third kappa shape index (κ3) is 8.22. The van der Waals surface area contributed by atoms with Crippen molar-refractivity contribution in [1.82, 2.24) is 10.2 Å². The number of carbonyl (C=O) groups excluding carboxylic acids is 2. The highest BCUT2D eigenvalue weighted by Gasteiger charge is 2.32. The number of rotatable bonds is 12. The van der Waals surface area contributed by atoms with Crippen molar-refractivity contribution in [3.05, 3.63) is 92.4 Å². The van der Waals surface area contributed by atoms with Gasteiger partial charge in [0.1, 0.15) is 12.6 Å². The average molecular weight is 669 g/mol. The highest BCUT2D eigenvalue weighted by molar-refractivity contribution is 9.10. The zero-order valence-corrected chi connectivity index (χ0v) is 26.4. The first-order valence-corrected chi connectivity index (χ1v) is 15.8. The first-order valence-electron chi connectivity index (χ1n) is 12.8. The fourth-order valence-electron chi connectivity index (χ4n) is 3.96. The summed E-state index contributed by atoms with van der Waals surface area (Å²) in [6.45, 7) is 5.52. The van der Waals surface area contributed by atoms with E-state index in [1.54, 1.807) is 19.1 Å². The van der Waals surface area contributed by atoms with Crippen LogP contribution in [0.1, 0.15) is 37.8 Å². The Hall–Kier alpha value is -2.59. The third-order valence-corrected chi connectivity index (χ3v) is 9.34. The van der Waals surface area contributed by atoms with Gasteiger partial charge in [0, 0.05) is 17.6 Å². The Kier molecular flexibility index (Phi) is 11.5. The van der Waals surface area contributed by atoms with Crippen LogP contribution in [0.25, 0.3) is 0 Å². The number of anilines is 1. The molecule has 2 amide bonds. The molecule has 3 aromatic carbocycles. The van der Waals surface area contributed by atoms with Gasteiger partial charge in [0.25, 0.3) is 10.0 Å². The second-order valence-corrected chi connectivity index (χ2v) is 13.0. The summed E-state index contributed by atoms with van der Waals surface area (Å²) in [6, 6.07) is 17.2. The molecule has 0 bridgehead atoms. The molecule has 0 heterocycles. The lowest BCUT2D eigenvalue weighted by Gasteiger charge is -2.32. The minimum atomic E-state index is -4.20. The Balaban J connectivity index is 2.03. The van der Waals surface area contributed by atoms with E-state index in [0.717, 1.165) is 32.7 Å². The maximum absolute atomic E-state index is 13.9. The van der Waals surface area contributed by atoms with Crippen molar-refractivity contribution in [2.45, 2.75) is 51.1 Å². The summed E-state index contributed by atoms with van der Waals surface area (Å²) >= 11 is 15.8. The second kappa shape index (κ2) is 14.3. The number of aryl methyl sites for hydroxylation is 1. The van der Waals surface area contributed by atoms with Crippen molar-refractivity contribution in [1.29, 1.82) is 0 Å². The molecule has 0 saturated heterocycles. The van der Waals surface area contributed by atoms with E-state index < -0.39 is 28.5 Å². The maximum atomic E-state index is 13.9. The molecule has 3 rings (SSSR count). The van der Waals surface area contributed by atoms with Crippen molar-refractivity contribution >= 4 is 66.7 Å². The lowest BCUT2D eigenvalue weighted by Crippen LogP contribution is -2.51. The lowest BCUT2D eigenvalue weighted by molar-refractivity contribution is -0.139. The monoisotopic (exact) mass is 667 g/mol. The smallest absolute Gasteiger partial charge is 0.264 e. The Labute approximate surface area is 254 Å². The highest BCUT2D eigenvalue weighted by Crippen LogP contribution is 2.31.